The van der Waals surface area contributed by atoms with Crippen LogP contribution in [0.25, 0.3) is 0 Å². The number of hydrogen-bond donors (Lipinski definition) is 1. The van der Waals surface area contributed by atoms with E-state index in [-0.39, 0.29) is 0 Å². The topological polar surface area (TPSA) is 21.3 Å². The third-order valence-electron chi connectivity index (χ3n) is 2.66. The molecule has 0 radical (unpaired) electrons. The minimum atomic E-state index is 0.342. The van der Waals surface area contributed by atoms with Crippen LogP contribution in [-0.4, -0.2) is 18.9 Å². The predicted octanol–water partition coefficient (Wildman–Crippen LogP) is 1.51. The molecule has 2 fully saturated rings. The summed E-state index contributed by atoms with van der Waals surface area (Å²) in [4.78, 5) is 0. The molecule has 1 aliphatic heterocycles. The zero-order chi connectivity index (χ0) is 7.68. The molecule has 2 unspecified atom stereocenters. The van der Waals surface area contributed by atoms with E-state index in [1.807, 2.05) is 0 Å². The zero-order valence-electron chi connectivity index (χ0n) is 7.18. The van der Waals surface area contributed by atoms with Crippen molar-refractivity contribution in [3.05, 3.63) is 0 Å². The van der Waals surface area contributed by atoms with Gasteiger partial charge in [-0.05, 0) is 38.1 Å². The monoisotopic (exact) mass is 155 g/mol. The lowest BCUT2D eigenvalue weighted by Gasteiger charge is -2.30. The molecule has 2 heteroatoms. The summed E-state index contributed by atoms with van der Waals surface area (Å²) < 4.78 is 5.85. The van der Waals surface area contributed by atoms with Crippen LogP contribution in [0.5, 0.6) is 0 Å². The van der Waals surface area contributed by atoms with Gasteiger partial charge >= 0.3 is 0 Å². The van der Waals surface area contributed by atoms with E-state index in [9.17, 15) is 0 Å². The summed E-state index contributed by atoms with van der Waals surface area (Å²) in [5.74, 6) is 0.908. The van der Waals surface area contributed by atoms with Gasteiger partial charge in [0.25, 0.3) is 0 Å². The van der Waals surface area contributed by atoms with Crippen LogP contribution in [0.4, 0.5) is 0 Å². The van der Waals surface area contributed by atoms with Gasteiger partial charge in [0, 0.05) is 0 Å². The molecule has 0 aromatic carbocycles. The van der Waals surface area contributed by atoms with Gasteiger partial charge in [-0.1, -0.05) is 6.92 Å². The molecule has 1 saturated carbocycles. The van der Waals surface area contributed by atoms with E-state index >= 15 is 0 Å². The van der Waals surface area contributed by atoms with E-state index in [2.05, 4.69) is 12.2 Å². The van der Waals surface area contributed by atoms with Crippen molar-refractivity contribution in [2.24, 2.45) is 5.92 Å². The molecule has 0 aromatic heterocycles. The lowest BCUT2D eigenvalue weighted by atomic mass is 10.1. The quantitative estimate of drug-likeness (QED) is 0.652. The molecule has 2 aliphatic rings. The standard InChI is InChI=1S/C9H17NO/c1-2-9-10-6-5-8(11-9)7-3-4-7/h7-10H,2-6H2,1H3. The molecule has 0 aromatic rings. The summed E-state index contributed by atoms with van der Waals surface area (Å²) in [6.07, 6.45) is 6.06. The van der Waals surface area contributed by atoms with Crippen LogP contribution in [0.2, 0.25) is 0 Å². The van der Waals surface area contributed by atoms with Crippen LogP contribution in [0, 0.1) is 5.92 Å². The summed E-state index contributed by atoms with van der Waals surface area (Å²) in [6, 6.07) is 0. The molecular weight excluding hydrogens is 138 g/mol. The number of hydrogen-bond acceptors (Lipinski definition) is 2. The molecule has 1 N–H and O–H groups in total. The van der Waals surface area contributed by atoms with Gasteiger partial charge in [0.1, 0.15) is 6.23 Å². The van der Waals surface area contributed by atoms with Gasteiger partial charge in [-0.15, -0.1) is 0 Å². The first-order valence-electron chi connectivity index (χ1n) is 4.79. The van der Waals surface area contributed by atoms with Gasteiger partial charge in [-0.25, -0.2) is 0 Å². The van der Waals surface area contributed by atoms with Crippen molar-refractivity contribution >= 4 is 0 Å². The number of ether oxygens (including phenoxy) is 1. The van der Waals surface area contributed by atoms with E-state index in [1.165, 1.54) is 19.3 Å². The van der Waals surface area contributed by atoms with Crippen LogP contribution in [0.3, 0.4) is 0 Å². The van der Waals surface area contributed by atoms with Crippen molar-refractivity contribution in [3.8, 4) is 0 Å². The van der Waals surface area contributed by atoms with E-state index in [0.29, 0.717) is 12.3 Å². The zero-order valence-corrected chi connectivity index (χ0v) is 7.18. The average molecular weight is 155 g/mol. The van der Waals surface area contributed by atoms with Gasteiger partial charge in [0.15, 0.2) is 0 Å². The fourth-order valence-corrected chi connectivity index (χ4v) is 1.77. The third kappa shape index (κ3) is 1.74. The summed E-state index contributed by atoms with van der Waals surface area (Å²) in [6.45, 7) is 3.33. The Balaban J connectivity index is 1.82. The Morgan fingerprint density at radius 3 is 2.82 bits per heavy atom. The summed E-state index contributed by atoms with van der Waals surface area (Å²) in [7, 11) is 0. The highest BCUT2D eigenvalue weighted by molar-refractivity contribution is 4.85. The molecule has 0 bridgehead atoms. The fraction of sp³-hybridized carbons (Fsp3) is 1.00. The largest absolute Gasteiger partial charge is 0.360 e. The van der Waals surface area contributed by atoms with Crippen LogP contribution >= 0.6 is 0 Å². The van der Waals surface area contributed by atoms with Gasteiger partial charge < -0.3 is 4.74 Å². The molecular formula is C9H17NO. The molecule has 2 atom stereocenters. The van der Waals surface area contributed by atoms with Crippen molar-refractivity contribution in [1.82, 2.24) is 5.32 Å². The van der Waals surface area contributed by atoms with E-state index in [1.54, 1.807) is 0 Å². The van der Waals surface area contributed by atoms with Crippen LogP contribution < -0.4 is 5.32 Å². The highest BCUT2D eigenvalue weighted by Gasteiger charge is 2.34. The SMILES string of the molecule is CCC1NCCC(C2CC2)O1. The molecule has 64 valence electrons. The molecule has 2 rings (SSSR count). The van der Waals surface area contributed by atoms with Crippen molar-refractivity contribution in [2.75, 3.05) is 6.54 Å². The Labute approximate surface area is 68.3 Å². The fourth-order valence-electron chi connectivity index (χ4n) is 1.77. The summed E-state index contributed by atoms with van der Waals surface area (Å²) >= 11 is 0. The average Bonchev–Trinajstić information content (AvgIpc) is 2.87. The van der Waals surface area contributed by atoms with Crippen LogP contribution in [-0.2, 0) is 4.74 Å². The summed E-state index contributed by atoms with van der Waals surface area (Å²) in [5, 5.41) is 3.36. The van der Waals surface area contributed by atoms with Crippen molar-refractivity contribution < 1.29 is 4.74 Å². The molecule has 0 amide bonds. The van der Waals surface area contributed by atoms with Crippen LogP contribution in [0.15, 0.2) is 0 Å². The van der Waals surface area contributed by atoms with E-state index in [4.69, 9.17) is 4.74 Å². The maximum Gasteiger partial charge on any atom is 0.108 e. The maximum absolute atomic E-state index is 5.85. The number of nitrogens with one attached hydrogen (secondary N) is 1. The first kappa shape index (κ1) is 7.56. The van der Waals surface area contributed by atoms with Crippen molar-refractivity contribution in [3.63, 3.8) is 0 Å². The highest BCUT2D eigenvalue weighted by Crippen LogP contribution is 2.37. The molecule has 2 nitrogen and oxygen atoms in total. The summed E-state index contributed by atoms with van der Waals surface area (Å²) in [5.41, 5.74) is 0. The Hall–Kier alpha value is -0.0800. The van der Waals surface area contributed by atoms with Crippen molar-refractivity contribution in [1.29, 1.82) is 0 Å². The van der Waals surface area contributed by atoms with Gasteiger partial charge in [0.05, 0.1) is 6.10 Å². The lowest BCUT2D eigenvalue weighted by Crippen LogP contribution is -2.43. The normalized spacial score (nSPS) is 39.0. The van der Waals surface area contributed by atoms with Gasteiger partial charge in [-0.2, -0.15) is 0 Å². The second-order valence-electron chi connectivity index (χ2n) is 3.65. The number of rotatable bonds is 2. The molecule has 0 spiro atoms. The third-order valence-corrected chi connectivity index (χ3v) is 2.66. The van der Waals surface area contributed by atoms with E-state index < -0.39 is 0 Å². The van der Waals surface area contributed by atoms with Gasteiger partial charge in [0.2, 0.25) is 0 Å². The first-order chi connectivity index (χ1) is 5.40. The minimum Gasteiger partial charge on any atom is -0.360 e. The van der Waals surface area contributed by atoms with Gasteiger partial charge in [-0.3, -0.25) is 5.32 Å². The molecule has 1 saturated heterocycles. The Kier molecular flexibility index (Phi) is 2.14. The minimum absolute atomic E-state index is 0.342. The smallest absolute Gasteiger partial charge is 0.108 e. The van der Waals surface area contributed by atoms with Crippen LogP contribution in [0.1, 0.15) is 32.6 Å². The first-order valence-corrected chi connectivity index (χ1v) is 4.79. The Bertz CT molecular complexity index is 134. The highest BCUT2D eigenvalue weighted by atomic mass is 16.5. The second kappa shape index (κ2) is 3.11. The van der Waals surface area contributed by atoms with E-state index in [0.717, 1.165) is 18.9 Å². The molecule has 1 aliphatic carbocycles. The Morgan fingerprint density at radius 1 is 1.36 bits per heavy atom. The predicted molar refractivity (Wildman–Crippen MR) is 44.3 cm³/mol. The lowest BCUT2D eigenvalue weighted by molar-refractivity contribution is -0.0717. The van der Waals surface area contributed by atoms with Crippen molar-refractivity contribution in [2.45, 2.75) is 44.9 Å². The molecule has 1 heterocycles. The maximum atomic E-state index is 5.85. The second-order valence-corrected chi connectivity index (χ2v) is 3.65. The molecule has 11 heavy (non-hydrogen) atoms. The Morgan fingerprint density at radius 2 is 2.18 bits per heavy atom.